The zero-order valence-electron chi connectivity index (χ0n) is 17.1. The number of H-pyrrole nitrogens is 1. The second-order valence-corrected chi connectivity index (χ2v) is 7.73. The molecule has 1 aromatic heterocycles. The molecule has 1 aliphatic heterocycles. The maximum Gasteiger partial charge on any atom is 0.408 e. The minimum absolute atomic E-state index is 0.0871. The molecule has 0 radical (unpaired) electrons. The van der Waals surface area contributed by atoms with Gasteiger partial charge in [0.05, 0.1) is 6.04 Å². The lowest BCUT2D eigenvalue weighted by Gasteiger charge is -2.22. The highest BCUT2D eigenvalue weighted by molar-refractivity contribution is 5.88. The van der Waals surface area contributed by atoms with Crippen molar-refractivity contribution in [1.82, 2.24) is 20.9 Å². The number of hydrogen-bond donors (Lipinski definition) is 4. The van der Waals surface area contributed by atoms with Gasteiger partial charge in [0, 0.05) is 24.7 Å². The number of ether oxygens (including phenoxy) is 1. The van der Waals surface area contributed by atoms with E-state index in [1.807, 2.05) is 13.8 Å². The molecular formula is C20H28N4O6. The van der Waals surface area contributed by atoms with Gasteiger partial charge in [0.2, 0.25) is 17.4 Å². The predicted octanol–water partition coefficient (Wildman–Crippen LogP) is 0.226. The standard InChI is InChI=1S/C20H28N4O6/c1-12(2)7-16(24-20(29)30-11-13-3-5-21-17(26)8-13)19(28)23-15(10-25)9-14-4-6-22-18(14)27/h3,5,8,10,12,14-16H,4,6-7,9,11H2,1-2H3,(H,21,26)(H,22,27)(H,23,28)(H,24,29)/t14-,15-,16-/m0/s1. The zero-order chi connectivity index (χ0) is 22.1. The van der Waals surface area contributed by atoms with Crippen molar-refractivity contribution >= 4 is 24.2 Å². The molecule has 3 amide bonds. The molecule has 2 heterocycles. The van der Waals surface area contributed by atoms with Crippen LogP contribution in [-0.2, 0) is 25.7 Å². The Morgan fingerprint density at radius 2 is 2.07 bits per heavy atom. The topological polar surface area (TPSA) is 146 Å². The van der Waals surface area contributed by atoms with Crippen LogP contribution in [0.3, 0.4) is 0 Å². The molecule has 30 heavy (non-hydrogen) atoms. The highest BCUT2D eigenvalue weighted by Crippen LogP contribution is 2.16. The summed E-state index contributed by atoms with van der Waals surface area (Å²) in [5.74, 6) is -0.886. The first kappa shape index (κ1) is 23.1. The van der Waals surface area contributed by atoms with E-state index in [4.69, 9.17) is 4.74 Å². The molecule has 3 atom stereocenters. The second-order valence-electron chi connectivity index (χ2n) is 7.73. The van der Waals surface area contributed by atoms with Gasteiger partial charge in [-0.25, -0.2) is 4.79 Å². The molecule has 0 aliphatic carbocycles. The average Bonchev–Trinajstić information content (AvgIpc) is 3.09. The molecule has 1 saturated heterocycles. The molecule has 1 aliphatic rings. The Balaban J connectivity index is 1.92. The third-order valence-electron chi connectivity index (χ3n) is 4.72. The summed E-state index contributed by atoms with van der Waals surface area (Å²) in [6.45, 7) is 4.21. The van der Waals surface area contributed by atoms with E-state index in [0.717, 1.165) is 0 Å². The fourth-order valence-corrected chi connectivity index (χ4v) is 3.22. The van der Waals surface area contributed by atoms with Crippen LogP contribution in [0, 0.1) is 11.8 Å². The van der Waals surface area contributed by atoms with Crippen LogP contribution < -0.4 is 21.5 Å². The van der Waals surface area contributed by atoms with Crippen molar-refractivity contribution in [2.45, 2.75) is 51.8 Å². The van der Waals surface area contributed by atoms with E-state index >= 15 is 0 Å². The Kier molecular flexibility index (Phi) is 8.57. The first-order valence-electron chi connectivity index (χ1n) is 9.92. The van der Waals surface area contributed by atoms with E-state index in [-0.39, 0.29) is 36.3 Å². The van der Waals surface area contributed by atoms with Crippen LogP contribution in [0.1, 0.15) is 38.7 Å². The van der Waals surface area contributed by atoms with E-state index < -0.39 is 24.1 Å². The first-order valence-corrected chi connectivity index (χ1v) is 9.92. The Morgan fingerprint density at radius 3 is 2.67 bits per heavy atom. The molecule has 0 bridgehead atoms. The number of pyridine rings is 1. The second kappa shape index (κ2) is 11.1. The molecule has 1 fully saturated rings. The molecule has 10 nitrogen and oxygen atoms in total. The van der Waals surface area contributed by atoms with Gasteiger partial charge >= 0.3 is 6.09 Å². The van der Waals surface area contributed by atoms with Gasteiger partial charge in [-0.15, -0.1) is 0 Å². The van der Waals surface area contributed by atoms with Gasteiger partial charge in [-0.3, -0.25) is 14.4 Å². The summed E-state index contributed by atoms with van der Waals surface area (Å²) in [7, 11) is 0. The van der Waals surface area contributed by atoms with Gasteiger partial charge in [-0.2, -0.15) is 0 Å². The lowest BCUT2D eigenvalue weighted by molar-refractivity contribution is -0.127. The molecule has 1 aromatic rings. The van der Waals surface area contributed by atoms with Crippen molar-refractivity contribution in [3.8, 4) is 0 Å². The maximum absolute atomic E-state index is 12.7. The van der Waals surface area contributed by atoms with Crippen molar-refractivity contribution in [1.29, 1.82) is 0 Å². The summed E-state index contributed by atoms with van der Waals surface area (Å²) >= 11 is 0. The smallest absolute Gasteiger partial charge is 0.408 e. The van der Waals surface area contributed by atoms with Gasteiger partial charge < -0.3 is 30.5 Å². The highest BCUT2D eigenvalue weighted by Gasteiger charge is 2.30. The summed E-state index contributed by atoms with van der Waals surface area (Å²) in [6.07, 6.45) is 2.39. The van der Waals surface area contributed by atoms with Crippen LogP contribution in [0.2, 0.25) is 0 Å². The molecule has 0 aromatic carbocycles. The van der Waals surface area contributed by atoms with E-state index in [1.54, 1.807) is 6.07 Å². The molecular weight excluding hydrogens is 392 g/mol. The number of alkyl carbamates (subject to hydrolysis) is 1. The quantitative estimate of drug-likeness (QED) is 0.398. The maximum atomic E-state index is 12.7. The van der Waals surface area contributed by atoms with Crippen LogP contribution in [0.15, 0.2) is 23.1 Å². The van der Waals surface area contributed by atoms with Crippen molar-refractivity contribution in [3.05, 3.63) is 34.2 Å². The number of nitrogens with one attached hydrogen (secondary N) is 4. The summed E-state index contributed by atoms with van der Waals surface area (Å²) in [5.41, 5.74) is 0.194. The fraction of sp³-hybridized carbons (Fsp3) is 0.550. The van der Waals surface area contributed by atoms with Gasteiger partial charge in [-0.05, 0) is 36.8 Å². The number of amides is 3. The Labute approximate surface area is 174 Å². The average molecular weight is 420 g/mol. The van der Waals surface area contributed by atoms with Crippen molar-refractivity contribution in [3.63, 3.8) is 0 Å². The van der Waals surface area contributed by atoms with Gasteiger partial charge in [0.25, 0.3) is 0 Å². The highest BCUT2D eigenvalue weighted by atomic mass is 16.5. The molecule has 2 rings (SSSR count). The van der Waals surface area contributed by atoms with Gasteiger partial charge in [-0.1, -0.05) is 13.8 Å². The van der Waals surface area contributed by atoms with Crippen molar-refractivity contribution in [2.24, 2.45) is 11.8 Å². The Bertz CT molecular complexity index is 822. The number of hydrogen-bond acceptors (Lipinski definition) is 6. The molecule has 10 heteroatoms. The number of aromatic nitrogens is 1. The number of aromatic amines is 1. The van der Waals surface area contributed by atoms with Gasteiger partial charge in [0.1, 0.15) is 18.9 Å². The summed E-state index contributed by atoms with van der Waals surface area (Å²) in [5, 5.41) is 7.81. The lowest BCUT2D eigenvalue weighted by atomic mass is 9.98. The largest absolute Gasteiger partial charge is 0.445 e. The van der Waals surface area contributed by atoms with Crippen molar-refractivity contribution in [2.75, 3.05) is 6.54 Å². The molecule has 0 saturated carbocycles. The van der Waals surface area contributed by atoms with Crippen LogP contribution in [-0.4, -0.2) is 47.8 Å². The van der Waals surface area contributed by atoms with Crippen LogP contribution >= 0.6 is 0 Å². The van der Waals surface area contributed by atoms with Crippen LogP contribution in [0.25, 0.3) is 0 Å². The first-order chi connectivity index (χ1) is 14.3. The predicted molar refractivity (Wildman–Crippen MR) is 107 cm³/mol. The minimum Gasteiger partial charge on any atom is -0.445 e. The molecule has 164 valence electrons. The minimum atomic E-state index is -0.906. The number of carbonyl (C=O) groups excluding carboxylic acids is 4. The summed E-state index contributed by atoms with van der Waals surface area (Å²) < 4.78 is 5.09. The van der Waals surface area contributed by atoms with Crippen LogP contribution in [0.5, 0.6) is 0 Å². The molecule has 4 N–H and O–H groups in total. The van der Waals surface area contributed by atoms with Crippen LogP contribution in [0.4, 0.5) is 4.79 Å². The number of rotatable bonds is 10. The third-order valence-corrected chi connectivity index (χ3v) is 4.72. The SMILES string of the molecule is CC(C)C[C@H](NC(=O)OCc1cc[nH]c(=O)c1)C(=O)N[C@H](C=O)C[C@@H]1CCNC1=O. The van der Waals surface area contributed by atoms with E-state index in [2.05, 4.69) is 20.9 Å². The Hall–Kier alpha value is -3.17. The summed E-state index contributed by atoms with van der Waals surface area (Å²) in [4.78, 5) is 61.7. The van der Waals surface area contributed by atoms with E-state index in [0.29, 0.717) is 31.2 Å². The number of aldehydes is 1. The normalized spacial score (nSPS) is 17.7. The molecule has 0 spiro atoms. The molecule has 0 unspecified atom stereocenters. The zero-order valence-corrected chi connectivity index (χ0v) is 17.1. The lowest BCUT2D eigenvalue weighted by Crippen LogP contribution is -2.51. The number of carbonyl (C=O) groups is 4. The van der Waals surface area contributed by atoms with E-state index in [1.165, 1.54) is 12.3 Å². The van der Waals surface area contributed by atoms with Crippen molar-refractivity contribution < 1.29 is 23.9 Å². The van der Waals surface area contributed by atoms with E-state index in [9.17, 15) is 24.0 Å². The third kappa shape index (κ3) is 7.34. The Morgan fingerprint density at radius 1 is 1.30 bits per heavy atom. The monoisotopic (exact) mass is 420 g/mol. The fourth-order valence-electron chi connectivity index (χ4n) is 3.22. The summed E-state index contributed by atoms with van der Waals surface area (Å²) in [6, 6.07) is 1.17. The van der Waals surface area contributed by atoms with Gasteiger partial charge in [0.15, 0.2) is 0 Å².